The summed E-state index contributed by atoms with van der Waals surface area (Å²) in [6.07, 6.45) is 0.821. The second-order valence-electron chi connectivity index (χ2n) is 3.65. The summed E-state index contributed by atoms with van der Waals surface area (Å²) in [5.74, 6) is 0. The summed E-state index contributed by atoms with van der Waals surface area (Å²) in [6.45, 7) is 3.64. The van der Waals surface area contributed by atoms with Gasteiger partial charge in [-0.05, 0) is 36.7 Å². The summed E-state index contributed by atoms with van der Waals surface area (Å²) in [4.78, 5) is 0. The smallest absolute Gasteiger partial charge is 0.0619 e. The van der Waals surface area contributed by atoms with E-state index in [2.05, 4.69) is 12.2 Å². The predicted octanol–water partition coefficient (Wildman–Crippen LogP) is 3.16. The van der Waals surface area contributed by atoms with Crippen molar-refractivity contribution in [2.24, 2.45) is 0 Å². The van der Waals surface area contributed by atoms with E-state index < -0.39 is 0 Å². The van der Waals surface area contributed by atoms with Gasteiger partial charge in [0.2, 0.25) is 0 Å². The molecule has 0 fully saturated rings. The van der Waals surface area contributed by atoms with Gasteiger partial charge in [0.25, 0.3) is 0 Å². The fourth-order valence-electron chi connectivity index (χ4n) is 1.65. The monoisotopic (exact) mass is 261 g/mol. The van der Waals surface area contributed by atoms with Crippen molar-refractivity contribution < 1.29 is 4.74 Å². The van der Waals surface area contributed by atoms with Crippen molar-refractivity contribution in [2.45, 2.75) is 19.4 Å². The van der Waals surface area contributed by atoms with Crippen LogP contribution in [0.1, 0.15) is 12.5 Å². The molecule has 0 bridgehead atoms. The number of ether oxygens (including phenoxy) is 1. The molecule has 1 unspecified atom stereocenters. The maximum absolute atomic E-state index is 6.11. The Labute approximate surface area is 107 Å². The van der Waals surface area contributed by atoms with Gasteiger partial charge in [0.1, 0.15) is 0 Å². The second kappa shape index (κ2) is 7.13. The molecule has 2 nitrogen and oxygen atoms in total. The standard InChI is InChI=1S/C12H17Cl2NO/c1-3-15-11(8-16-2)7-9-6-10(13)4-5-12(9)14/h4-6,11,15H,3,7-8H2,1-2H3. The van der Waals surface area contributed by atoms with Gasteiger partial charge in [0, 0.05) is 23.2 Å². The summed E-state index contributed by atoms with van der Waals surface area (Å²) in [5, 5.41) is 4.82. The van der Waals surface area contributed by atoms with Gasteiger partial charge >= 0.3 is 0 Å². The first-order valence-electron chi connectivity index (χ1n) is 5.33. The van der Waals surface area contributed by atoms with E-state index in [0.717, 1.165) is 23.6 Å². The van der Waals surface area contributed by atoms with Gasteiger partial charge < -0.3 is 10.1 Å². The average Bonchev–Trinajstić information content (AvgIpc) is 2.24. The van der Waals surface area contributed by atoms with Crippen LogP contribution in [-0.2, 0) is 11.2 Å². The van der Waals surface area contributed by atoms with Crippen LogP contribution in [0.3, 0.4) is 0 Å². The molecule has 0 saturated carbocycles. The Hall–Kier alpha value is -0.280. The van der Waals surface area contributed by atoms with Gasteiger partial charge in [-0.2, -0.15) is 0 Å². The van der Waals surface area contributed by atoms with Crippen molar-refractivity contribution in [1.82, 2.24) is 5.32 Å². The van der Waals surface area contributed by atoms with Crippen LogP contribution in [0.5, 0.6) is 0 Å². The number of methoxy groups -OCH3 is 1. The van der Waals surface area contributed by atoms with Crippen molar-refractivity contribution in [3.8, 4) is 0 Å². The molecule has 1 rings (SSSR count). The molecule has 1 atom stereocenters. The third kappa shape index (κ3) is 4.30. The molecule has 0 amide bonds. The molecule has 0 radical (unpaired) electrons. The van der Waals surface area contributed by atoms with E-state index >= 15 is 0 Å². The maximum atomic E-state index is 6.11. The number of benzene rings is 1. The lowest BCUT2D eigenvalue weighted by atomic mass is 10.1. The first-order chi connectivity index (χ1) is 7.67. The Kier molecular flexibility index (Phi) is 6.14. The molecule has 90 valence electrons. The number of rotatable bonds is 6. The van der Waals surface area contributed by atoms with E-state index in [1.54, 1.807) is 13.2 Å². The fourth-order valence-corrected chi connectivity index (χ4v) is 2.03. The zero-order valence-corrected chi connectivity index (χ0v) is 11.1. The molecule has 0 aliphatic rings. The van der Waals surface area contributed by atoms with Crippen LogP contribution in [-0.4, -0.2) is 26.3 Å². The van der Waals surface area contributed by atoms with Crippen molar-refractivity contribution in [2.75, 3.05) is 20.3 Å². The van der Waals surface area contributed by atoms with Crippen molar-refractivity contribution in [3.05, 3.63) is 33.8 Å². The molecule has 1 aromatic carbocycles. The van der Waals surface area contributed by atoms with Crippen molar-refractivity contribution in [3.63, 3.8) is 0 Å². The van der Waals surface area contributed by atoms with E-state index in [0.29, 0.717) is 11.6 Å². The molecule has 0 aromatic heterocycles. The van der Waals surface area contributed by atoms with Gasteiger partial charge in [-0.15, -0.1) is 0 Å². The van der Waals surface area contributed by atoms with E-state index in [-0.39, 0.29) is 6.04 Å². The number of hydrogen-bond donors (Lipinski definition) is 1. The lowest BCUT2D eigenvalue weighted by molar-refractivity contribution is 0.167. The zero-order valence-electron chi connectivity index (χ0n) is 9.59. The van der Waals surface area contributed by atoms with Crippen LogP contribution in [0.4, 0.5) is 0 Å². The number of likely N-dealkylation sites (N-methyl/N-ethyl adjacent to an activating group) is 1. The molecule has 16 heavy (non-hydrogen) atoms. The highest BCUT2D eigenvalue weighted by molar-refractivity contribution is 6.33. The SMILES string of the molecule is CCNC(COC)Cc1cc(Cl)ccc1Cl. The quantitative estimate of drug-likeness (QED) is 0.850. The predicted molar refractivity (Wildman–Crippen MR) is 69.5 cm³/mol. The Morgan fingerprint density at radius 2 is 2.12 bits per heavy atom. The molecular weight excluding hydrogens is 245 g/mol. The van der Waals surface area contributed by atoms with E-state index in [1.807, 2.05) is 12.1 Å². The molecule has 0 saturated heterocycles. The van der Waals surface area contributed by atoms with E-state index in [1.165, 1.54) is 0 Å². The third-order valence-corrected chi connectivity index (χ3v) is 2.94. The molecule has 0 aliphatic carbocycles. The number of halogens is 2. The van der Waals surface area contributed by atoms with Gasteiger partial charge in [0.05, 0.1) is 6.61 Å². The minimum Gasteiger partial charge on any atom is -0.383 e. The minimum atomic E-state index is 0.269. The molecular formula is C12H17Cl2NO. The summed E-state index contributed by atoms with van der Waals surface area (Å²) in [5.41, 5.74) is 1.05. The lowest BCUT2D eigenvalue weighted by Crippen LogP contribution is -2.35. The zero-order chi connectivity index (χ0) is 12.0. The van der Waals surface area contributed by atoms with Crippen LogP contribution < -0.4 is 5.32 Å². The summed E-state index contributed by atoms with van der Waals surface area (Å²) >= 11 is 12.1. The number of hydrogen-bond acceptors (Lipinski definition) is 2. The minimum absolute atomic E-state index is 0.269. The molecule has 4 heteroatoms. The molecule has 1 N–H and O–H groups in total. The van der Waals surface area contributed by atoms with Crippen LogP contribution in [0.2, 0.25) is 10.0 Å². The first kappa shape index (κ1) is 13.8. The Bertz CT molecular complexity index is 325. The third-order valence-electron chi connectivity index (χ3n) is 2.33. The van der Waals surface area contributed by atoms with Crippen LogP contribution >= 0.6 is 23.2 Å². The summed E-state index contributed by atoms with van der Waals surface area (Å²) < 4.78 is 5.16. The van der Waals surface area contributed by atoms with Crippen LogP contribution in [0.25, 0.3) is 0 Å². The average molecular weight is 262 g/mol. The lowest BCUT2D eigenvalue weighted by Gasteiger charge is -2.17. The summed E-state index contributed by atoms with van der Waals surface area (Å²) in [7, 11) is 1.70. The highest BCUT2D eigenvalue weighted by Crippen LogP contribution is 2.21. The number of nitrogens with one attached hydrogen (secondary N) is 1. The molecule has 0 aliphatic heterocycles. The Balaban J connectivity index is 2.71. The summed E-state index contributed by atoms with van der Waals surface area (Å²) in [6, 6.07) is 5.80. The van der Waals surface area contributed by atoms with Crippen molar-refractivity contribution >= 4 is 23.2 Å². The normalized spacial score (nSPS) is 12.8. The first-order valence-corrected chi connectivity index (χ1v) is 6.09. The Morgan fingerprint density at radius 1 is 1.38 bits per heavy atom. The van der Waals surface area contributed by atoms with Gasteiger partial charge in [-0.3, -0.25) is 0 Å². The molecule has 0 spiro atoms. The highest BCUT2D eigenvalue weighted by atomic mass is 35.5. The van der Waals surface area contributed by atoms with E-state index in [4.69, 9.17) is 27.9 Å². The molecule has 0 heterocycles. The topological polar surface area (TPSA) is 21.3 Å². The maximum Gasteiger partial charge on any atom is 0.0619 e. The van der Waals surface area contributed by atoms with E-state index in [9.17, 15) is 0 Å². The largest absolute Gasteiger partial charge is 0.383 e. The second-order valence-corrected chi connectivity index (χ2v) is 4.49. The van der Waals surface area contributed by atoms with Crippen LogP contribution in [0, 0.1) is 0 Å². The Morgan fingerprint density at radius 3 is 2.75 bits per heavy atom. The fraction of sp³-hybridized carbons (Fsp3) is 0.500. The molecule has 1 aromatic rings. The van der Waals surface area contributed by atoms with Crippen molar-refractivity contribution in [1.29, 1.82) is 0 Å². The van der Waals surface area contributed by atoms with Crippen LogP contribution in [0.15, 0.2) is 18.2 Å². The van der Waals surface area contributed by atoms with Gasteiger partial charge in [-0.1, -0.05) is 30.1 Å². The van der Waals surface area contributed by atoms with Gasteiger partial charge in [-0.25, -0.2) is 0 Å². The highest BCUT2D eigenvalue weighted by Gasteiger charge is 2.10. The van der Waals surface area contributed by atoms with Gasteiger partial charge in [0.15, 0.2) is 0 Å².